The van der Waals surface area contributed by atoms with Crippen LogP contribution in [0.15, 0.2) is 6.20 Å². The van der Waals surface area contributed by atoms with Gasteiger partial charge in [0.05, 0.1) is 18.3 Å². The summed E-state index contributed by atoms with van der Waals surface area (Å²) in [6, 6.07) is 0. The maximum absolute atomic E-state index is 13.2. The van der Waals surface area contributed by atoms with Crippen molar-refractivity contribution in [2.24, 2.45) is 0 Å². The van der Waals surface area contributed by atoms with Gasteiger partial charge in [-0.25, -0.2) is 9.37 Å². The van der Waals surface area contributed by atoms with Gasteiger partial charge in [-0.2, -0.15) is 4.98 Å². The topological polar surface area (TPSA) is 84.1 Å². The van der Waals surface area contributed by atoms with Gasteiger partial charge in [0.15, 0.2) is 11.6 Å². The number of aromatic nitrogens is 2. The Morgan fingerprint density at radius 1 is 1.67 bits per heavy atom. The van der Waals surface area contributed by atoms with Crippen LogP contribution in [0.1, 0.15) is 20.3 Å². The minimum Gasteiger partial charge on any atom is -0.394 e. The molecule has 0 amide bonds. The van der Waals surface area contributed by atoms with Gasteiger partial charge in [0, 0.05) is 0 Å². The molecule has 1 unspecified atom stereocenters. The minimum absolute atomic E-state index is 0.00436. The summed E-state index contributed by atoms with van der Waals surface area (Å²) in [5.41, 5.74) is 4.73. The average Bonchev–Trinajstić information content (AvgIpc) is 2.23. The number of nitrogens with zero attached hydrogens (tertiary/aromatic N) is 2. The fraction of sp³-hybridized carbons (Fsp3) is 0.556. The van der Waals surface area contributed by atoms with Crippen LogP contribution in [0.2, 0.25) is 0 Å². The highest BCUT2D eigenvalue weighted by Crippen LogP contribution is 2.18. The van der Waals surface area contributed by atoms with Crippen molar-refractivity contribution in [1.82, 2.24) is 9.97 Å². The SMILES string of the molecule is CCC(C)(CO)Nc1nc(N)ncc1F. The van der Waals surface area contributed by atoms with E-state index >= 15 is 0 Å². The number of nitrogens with one attached hydrogen (secondary N) is 1. The molecule has 1 heterocycles. The summed E-state index contributed by atoms with van der Waals surface area (Å²) >= 11 is 0. The number of rotatable bonds is 4. The van der Waals surface area contributed by atoms with Crippen LogP contribution in [-0.2, 0) is 0 Å². The molecule has 84 valence electrons. The Hall–Kier alpha value is -1.43. The smallest absolute Gasteiger partial charge is 0.222 e. The van der Waals surface area contributed by atoms with Crippen LogP contribution >= 0.6 is 0 Å². The normalized spacial score (nSPS) is 14.7. The fourth-order valence-electron chi connectivity index (χ4n) is 0.994. The summed E-state index contributed by atoms with van der Waals surface area (Å²) < 4.78 is 13.2. The number of anilines is 2. The molecule has 1 rings (SSSR count). The number of halogens is 1. The summed E-state index contributed by atoms with van der Waals surface area (Å²) in [6.07, 6.45) is 1.63. The van der Waals surface area contributed by atoms with Gasteiger partial charge in [-0.3, -0.25) is 0 Å². The summed E-state index contributed by atoms with van der Waals surface area (Å²) in [4.78, 5) is 7.23. The largest absolute Gasteiger partial charge is 0.394 e. The third-order valence-corrected chi connectivity index (χ3v) is 2.31. The molecule has 0 radical (unpaired) electrons. The van der Waals surface area contributed by atoms with Crippen molar-refractivity contribution in [3.63, 3.8) is 0 Å². The molecule has 6 heteroatoms. The van der Waals surface area contributed by atoms with Gasteiger partial charge in [0.2, 0.25) is 5.95 Å². The van der Waals surface area contributed by atoms with E-state index in [1.807, 2.05) is 6.92 Å². The predicted octanol–water partition coefficient (Wildman–Crippen LogP) is 0.771. The molecular formula is C9H15FN4O. The van der Waals surface area contributed by atoms with E-state index in [1.165, 1.54) is 0 Å². The lowest BCUT2D eigenvalue weighted by Gasteiger charge is -2.27. The first kappa shape index (κ1) is 11.6. The molecule has 1 atom stereocenters. The molecule has 0 spiro atoms. The maximum Gasteiger partial charge on any atom is 0.222 e. The highest BCUT2D eigenvalue weighted by Gasteiger charge is 2.22. The van der Waals surface area contributed by atoms with Gasteiger partial charge in [-0.15, -0.1) is 0 Å². The Labute approximate surface area is 87.5 Å². The van der Waals surface area contributed by atoms with Crippen molar-refractivity contribution in [2.45, 2.75) is 25.8 Å². The average molecular weight is 214 g/mol. The lowest BCUT2D eigenvalue weighted by atomic mass is 10.0. The molecule has 1 aromatic heterocycles. The van der Waals surface area contributed by atoms with Crippen molar-refractivity contribution >= 4 is 11.8 Å². The molecule has 0 aliphatic rings. The second-order valence-electron chi connectivity index (χ2n) is 3.62. The summed E-state index contributed by atoms with van der Waals surface area (Å²) in [7, 11) is 0. The number of nitrogens with two attached hydrogens (primary N) is 1. The summed E-state index contributed by atoms with van der Waals surface area (Å²) in [5, 5.41) is 12.0. The van der Waals surface area contributed by atoms with Crippen molar-refractivity contribution in [1.29, 1.82) is 0 Å². The van der Waals surface area contributed by atoms with Crippen LogP contribution in [-0.4, -0.2) is 27.2 Å². The minimum atomic E-state index is -0.609. The van der Waals surface area contributed by atoms with Gasteiger partial charge in [0.25, 0.3) is 0 Å². The Morgan fingerprint density at radius 2 is 2.33 bits per heavy atom. The quantitative estimate of drug-likeness (QED) is 0.689. The molecule has 0 aromatic carbocycles. The highest BCUT2D eigenvalue weighted by molar-refractivity contribution is 5.41. The molecule has 0 bridgehead atoms. The van der Waals surface area contributed by atoms with Gasteiger partial charge in [-0.05, 0) is 13.3 Å². The Kier molecular flexibility index (Phi) is 3.41. The second kappa shape index (κ2) is 4.39. The van der Waals surface area contributed by atoms with E-state index in [2.05, 4.69) is 15.3 Å². The molecule has 5 nitrogen and oxygen atoms in total. The van der Waals surface area contributed by atoms with Gasteiger partial charge >= 0.3 is 0 Å². The summed E-state index contributed by atoms with van der Waals surface area (Å²) in [5.74, 6) is -0.575. The van der Waals surface area contributed by atoms with Gasteiger partial charge in [0.1, 0.15) is 0 Å². The summed E-state index contributed by atoms with van der Waals surface area (Å²) in [6.45, 7) is 3.53. The number of aliphatic hydroxyl groups excluding tert-OH is 1. The number of nitrogen functional groups attached to an aromatic ring is 1. The predicted molar refractivity (Wildman–Crippen MR) is 55.8 cm³/mol. The van der Waals surface area contributed by atoms with Crippen LogP contribution in [0.5, 0.6) is 0 Å². The number of aliphatic hydroxyl groups is 1. The van der Waals surface area contributed by atoms with Crippen LogP contribution in [0.4, 0.5) is 16.2 Å². The zero-order valence-corrected chi connectivity index (χ0v) is 8.79. The Bertz CT molecular complexity index is 341. The van der Waals surface area contributed by atoms with E-state index in [4.69, 9.17) is 10.8 Å². The van der Waals surface area contributed by atoms with E-state index in [0.717, 1.165) is 6.20 Å². The molecule has 4 N–H and O–H groups in total. The van der Waals surface area contributed by atoms with E-state index in [9.17, 15) is 4.39 Å². The van der Waals surface area contributed by atoms with E-state index < -0.39 is 11.4 Å². The van der Waals surface area contributed by atoms with Crippen LogP contribution < -0.4 is 11.1 Å². The molecule has 0 aliphatic heterocycles. The first-order valence-corrected chi connectivity index (χ1v) is 4.68. The molecule has 0 aliphatic carbocycles. The zero-order valence-electron chi connectivity index (χ0n) is 8.79. The second-order valence-corrected chi connectivity index (χ2v) is 3.62. The lowest BCUT2D eigenvalue weighted by Crippen LogP contribution is -2.38. The third kappa shape index (κ3) is 2.76. The van der Waals surface area contributed by atoms with Gasteiger partial charge < -0.3 is 16.2 Å². The molecule has 1 aromatic rings. The van der Waals surface area contributed by atoms with Crippen LogP contribution in [0, 0.1) is 5.82 Å². The first-order chi connectivity index (χ1) is 7.00. The molecule has 0 saturated carbocycles. The Morgan fingerprint density at radius 3 is 2.87 bits per heavy atom. The number of hydrogen-bond acceptors (Lipinski definition) is 5. The van der Waals surface area contributed by atoms with E-state index in [-0.39, 0.29) is 18.4 Å². The standard InChI is InChI=1S/C9H15FN4O/c1-3-9(2,5-15)14-7-6(10)4-12-8(11)13-7/h4,15H,3,5H2,1-2H3,(H3,11,12,13,14). The monoisotopic (exact) mass is 214 g/mol. The number of hydrogen-bond donors (Lipinski definition) is 3. The van der Waals surface area contributed by atoms with Gasteiger partial charge in [-0.1, -0.05) is 6.92 Å². The Balaban J connectivity index is 2.92. The van der Waals surface area contributed by atoms with Crippen molar-refractivity contribution in [3.05, 3.63) is 12.0 Å². The maximum atomic E-state index is 13.2. The molecule has 0 fully saturated rings. The van der Waals surface area contributed by atoms with Crippen molar-refractivity contribution < 1.29 is 9.50 Å². The lowest BCUT2D eigenvalue weighted by molar-refractivity contribution is 0.218. The molecule has 15 heavy (non-hydrogen) atoms. The van der Waals surface area contributed by atoms with E-state index in [0.29, 0.717) is 6.42 Å². The highest BCUT2D eigenvalue weighted by atomic mass is 19.1. The van der Waals surface area contributed by atoms with E-state index in [1.54, 1.807) is 6.92 Å². The molecular weight excluding hydrogens is 199 g/mol. The first-order valence-electron chi connectivity index (χ1n) is 4.68. The van der Waals surface area contributed by atoms with Crippen LogP contribution in [0.3, 0.4) is 0 Å². The molecule has 0 saturated heterocycles. The third-order valence-electron chi connectivity index (χ3n) is 2.31. The van der Waals surface area contributed by atoms with Crippen molar-refractivity contribution in [2.75, 3.05) is 17.7 Å². The fourth-order valence-corrected chi connectivity index (χ4v) is 0.994. The van der Waals surface area contributed by atoms with Crippen molar-refractivity contribution in [3.8, 4) is 0 Å². The van der Waals surface area contributed by atoms with Crippen LogP contribution in [0.25, 0.3) is 0 Å². The zero-order chi connectivity index (χ0) is 11.5.